The molecule has 1 amide bonds. The van der Waals surface area contributed by atoms with Crippen LogP contribution in [0.3, 0.4) is 0 Å². The first-order valence-corrected chi connectivity index (χ1v) is 10.7. The quantitative estimate of drug-likeness (QED) is 0.580. The molecule has 1 atom stereocenters. The van der Waals surface area contributed by atoms with Crippen molar-refractivity contribution in [1.82, 2.24) is 20.4 Å². The number of ether oxygens (including phenoxy) is 2. The summed E-state index contributed by atoms with van der Waals surface area (Å²) in [5, 5.41) is 7.15. The maximum atomic E-state index is 12.7. The highest BCUT2D eigenvalue weighted by Gasteiger charge is 2.26. The Morgan fingerprint density at radius 1 is 1.09 bits per heavy atom. The average Bonchev–Trinajstić information content (AvgIpc) is 3.31. The van der Waals surface area contributed by atoms with Crippen molar-refractivity contribution >= 4 is 5.91 Å². The van der Waals surface area contributed by atoms with Gasteiger partial charge in [-0.2, -0.15) is 4.98 Å². The third-order valence-electron chi connectivity index (χ3n) is 5.68. The Morgan fingerprint density at radius 2 is 1.78 bits per heavy atom. The number of piperidine rings is 1. The summed E-state index contributed by atoms with van der Waals surface area (Å²) in [5.41, 5.74) is 1.92. The van der Waals surface area contributed by atoms with Gasteiger partial charge in [-0.05, 0) is 61.3 Å². The highest BCUT2D eigenvalue weighted by atomic mass is 16.5. The number of nitrogens with zero attached hydrogens (tertiary/aromatic N) is 3. The number of benzene rings is 2. The van der Waals surface area contributed by atoms with Crippen LogP contribution in [0.5, 0.6) is 11.5 Å². The van der Waals surface area contributed by atoms with Crippen molar-refractivity contribution in [3.63, 3.8) is 0 Å². The largest absolute Gasteiger partial charge is 0.497 e. The molecule has 2 heterocycles. The van der Waals surface area contributed by atoms with E-state index in [2.05, 4.69) is 20.4 Å². The number of hydrogen-bond acceptors (Lipinski definition) is 7. The minimum atomic E-state index is -0.0500. The van der Waals surface area contributed by atoms with E-state index in [0.717, 1.165) is 42.0 Å². The van der Waals surface area contributed by atoms with E-state index in [0.29, 0.717) is 31.3 Å². The van der Waals surface area contributed by atoms with Crippen molar-refractivity contribution in [2.24, 2.45) is 5.92 Å². The Bertz CT molecular complexity index is 1020. The van der Waals surface area contributed by atoms with Gasteiger partial charge in [-0.25, -0.2) is 0 Å². The molecule has 8 nitrogen and oxygen atoms in total. The Balaban J connectivity index is 1.29. The van der Waals surface area contributed by atoms with E-state index in [9.17, 15) is 4.79 Å². The standard InChI is InChI=1S/C24H28N4O4/c1-30-20-9-5-17(6-10-20)14-25-24(29)19-4-3-13-28(15-19)16-22-26-23(27-32-22)18-7-11-21(31-2)12-8-18/h5-12,19H,3-4,13-16H2,1-2H3,(H,25,29). The van der Waals surface area contributed by atoms with Crippen LogP contribution in [0.15, 0.2) is 53.1 Å². The molecule has 1 aliphatic heterocycles. The first-order chi connectivity index (χ1) is 15.6. The molecule has 1 saturated heterocycles. The molecule has 1 aliphatic rings. The zero-order valence-electron chi connectivity index (χ0n) is 18.4. The highest BCUT2D eigenvalue weighted by Crippen LogP contribution is 2.22. The van der Waals surface area contributed by atoms with Crippen LogP contribution in [0.25, 0.3) is 11.4 Å². The molecule has 0 saturated carbocycles. The first kappa shape index (κ1) is 21.8. The fourth-order valence-corrected chi connectivity index (χ4v) is 3.86. The molecule has 32 heavy (non-hydrogen) atoms. The minimum Gasteiger partial charge on any atom is -0.497 e. The Morgan fingerprint density at radius 3 is 2.47 bits per heavy atom. The van der Waals surface area contributed by atoms with Crippen LogP contribution in [-0.4, -0.2) is 48.3 Å². The number of nitrogens with one attached hydrogen (secondary N) is 1. The average molecular weight is 437 g/mol. The summed E-state index contributed by atoms with van der Waals surface area (Å²) < 4.78 is 15.8. The molecule has 3 aromatic rings. The highest BCUT2D eigenvalue weighted by molar-refractivity contribution is 5.79. The first-order valence-electron chi connectivity index (χ1n) is 10.7. The molecule has 8 heteroatoms. The van der Waals surface area contributed by atoms with Gasteiger partial charge in [0.15, 0.2) is 0 Å². The molecule has 0 bridgehead atoms. The molecule has 1 unspecified atom stereocenters. The lowest BCUT2D eigenvalue weighted by Gasteiger charge is -2.30. The SMILES string of the molecule is COc1ccc(CNC(=O)C2CCCN(Cc3nc(-c4ccc(OC)cc4)no3)C2)cc1. The Kier molecular flexibility index (Phi) is 7.01. The Labute approximate surface area is 187 Å². The summed E-state index contributed by atoms with van der Waals surface area (Å²) in [6.45, 7) is 2.62. The van der Waals surface area contributed by atoms with Crippen LogP contribution < -0.4 is 14.8 Å². The number of likely N-dealkylation sites (tertiary alicyclic amines) is 1. The second-order valence-corrected chi connectivity index (χ2v) is 7.88. The van der Waals surface area contributed by atoms with Crippen molar-refractivity contribution < 1.29 is 18.8 Å². The monoisotopic (exact) mass is 436 g/mol. The zero-order valence-corrected chi connectivity index (χ0v) is 18.4. The van der Waals surface area contributed by atoms with Crippen LogP contribution in [0.1, 0.15) is 24.3 Å². The van der Waals surface area contributed by atoms with Crippen molar-refractivity contribution in [1.29, 1.82) is 0 Å². The number of hydrogen-bond donors (Lipinski definition) is 1. The van der Waals surface area contributed by atoms with Crippen molar-refractivity contribution in [2.45, 2.75) is 25.9 Å². The lowest BCUT2D eigenvalue weighted by atomic mass is 9.97. The normalized spacial score (nSPS) is 16.5. The number of methoxy groups -OCH3 is 2. The predicted molar refractivity (Wildman–Crippen MR) is 119 cm³/mol. The van der Waals surface area contributed by atoms with E-state index in [1.807, 2.05) is 48.5 Å². The van der Waals surface area contributed by atoms with Gasteiger partial charge in [-0.1, -0.05) is 17.3 Å². The van der Waals surface area contributed by atoms with Gasteiger partial charge in [0.05, 0.1) is 26.7 Å². The van der Waals surface area contributed by atoms with E-state index >= 15 is 0 Å². The fraction of sp³-hybridized carbons (Fsp3) is 0.375. The van der Waals surface area contributed by atoms with Gasteiger partial charge in [0.1, 0.15) is 11.5 Å². The van der Waals surface area contributed by atoms with Gasteiger partial charge < -0.3 is 19.3 Å². The maximum absolute atomic E-state index is 12.7. The number of carbonyl (C=O) groups is 1. The predicted octanol–water partition coefficient (Wildman–Crippen LogP) is 3.28. The van der Waals surface area contributed by atoms with E-state index in [1.165, 1.54) is 0 Å². The second-order valence-electron chi connectivity index (χ2n) is 7.88. The lowest BCUT2D eigenvalue weighted by molar-refractivity contribution is -0.127. The number of amides is 1. The third kappa shape index (κ3) is 5.45. The molecule has 2 aromatic carbocycles. The minimum absolute atomic E-state index is 0.0500. The zero-order chi connectivity index (χ0) is 22.3. The maximum Gasteiger partial charge on any atom is 0.241 e. The van der Waals surface area contributed by atoms with Crippen molar-refractivity contribution in [2.75, 3.05) is 27.3 Å². The Hall–Kier alpha value is -3.39. The van der Waals surface area contributed by atoms with Gasteiger partial charge in [0, 0.05) is 18.7 Å². The molecular weight excluding hydrogens is 408 g/mol. The number of rotatable bonds is 8. The molecule has 0 aliphatic carbocycles. The molecule has 1 fully saturated rings. The number of carbonyl (C=O) groups excluding carboxylic acids is 1. The van der Waals surface area contributed by atoms with Crippen molar-refractivity contribution in [3.05, 3.63) is 60.0 Å². The molecular formula is C24H28N4O4. The second kappa shape index (κ2) is 10.3. The van der Waals surface area contributed by atoms with Gasteiger partial charge in [0.2, 0.25) is 17.6 Å². The molecule has 1 N–H and O–H groups in total. The summed E-state index contributed by atoms with van der Waals surface area (Å²) in [7, 11) is 3.27. The van der Waals surface area contributed by atoms with Crippen LogP contribution in [0.4, 0.5) is 0 Å². The van der Waals surface area contributed by atoms with Crippen LogP contribution in [0, 0.1) is 5.92 Å². The molecule has 0 spiro atoms. The topological polar surface area (TPSA) is 89.7 Å². The number of aromatic nitrogens is 2. The lowest BCUT2D eigenvalue weighted by Crippen LogP contribution is -2.42. The summed E-state index contributed by atoms with van der Waals surface area (Å²) in [4.78, 5) is 19.4. The van der Waals surface area contributed by atoms with Crippen LogP contribution >= 0.6 is 0 Å². The van der Waals surface area contributed by atoms with E-state index < -0.39 is 0 Å². The fourth-order valence-electron chi connectivity index (χ4n) is 3.86. The smallest absolute Gasteiger partial charge is 0.241 e. The summed E-state index contributed by atoms with van der Waals surface area (Å²) in [6, 6.07) is 15.2. The van der Waals surface area contributed by atoms with Gasteiger partial charge in [-0.3, -0.25) is 9.69 Å². The van der Waals surface area contributed by atoms with Gasteiger partial charge in [0.25, 0.3) is 0 Å². The third-order valence-corrected chi connectivity index (χ3v) is 5.68. The van der Waals surface area contributed by atoms with Gasteiger partial charge in [-0.15, -0.1) is 0 Å². The van der Waals surface area contributed by atoms with E-state index in [1.54, 1.807) is 14.2 Å². The van der Waals surface area contributed by atoms with E-state index in [-0.39, 0.29) is 11.8 Å². The van der Waals surface area contributed by atoms with Crippen molar-refractivity contribution in [3.8, 4) is 22.9 Å². The van der Waals surface area contributed by atoms with Crippen LogP contribution in [-0.2, 0) is 17.9 Å². The molecule has 1 aromatic heterocycles. The summed E-state index contributed by atoms with van der Waals surface area (Å²) in [5.74, 6) is 2.71. The van der Waals surface area contributed by atoms with E-state index in [4.69, 9.17) is 14.0 Å². The molecule has 4 rings (SSSR count). The molecule has 168 valence electrons. The van der Waals surface area contributed by atoms with Crippen LogP contribution in [0.2, 0.25) is 0 Å². The summed E-state index contributed by atoms with van der Waals surface area (Å²) >= 11 is 0. The summed E-state index contributed by atoms with van der Waals surface area (Å²) in [6.07, 6.45) is 1.84. The van der Waals surface area contributed by atoms with Gasteiger partial charge >= 0.3 is 0 Å². The molecule has 0 radical (unpaired) electrons.